The van der Waals surface area contributed by atoms with Gasteiger partial charge in [0.05, 0.1) is 5.69 Å². The van der Waals surface area contributed by atoms with Gasteiger partial charge in [0, 0.05) is 43.2 Å². The van der Waals surface area contributed by atoms with Crippen molar-refractivity contribution in [1.29, 1.82) is 0 Å². The minimum atomic E-state index is -0.280. The van der Waals surface area contributed by atoms with Gasteiger partial charge >= 0.3 is 0 Å². The molecular formula is C13H24N4O. The fourth-order valence-electron chi connectivity index (χ4n) is 1.96. The highest BCUT2D eigenvalue weighted by Gasteiger charge is 2.21. The van der Waals surface area contributed by atoms with E-state index in [4.69, 9.17) is 5.73 Å². The Morgan fingerprint density at radius 1 is 1.56 bits per heavy atom. The largest absolute Gasteiger partial charge is 0.370 e. The number of nitrogens with two attached hydrogens (primary N) is 1. The quantitative estimate of drug-likeness (QED) is 0.823. The van der Waals surface area contributed by atoms with Gasteiger partial charge in [-0.15, -0.1) is 0 Å². The molecule has 1 amide bonds. The Labute approximate surface area is 109 Å². The molecule has 1 unspecified atom stereocenters. The number of carbonyl (C=O) groups is 1. The molecule has 0 aromatic carbocycles. The maximum Gasteiger partial charge on any atom is 0.218 e. The summed E-state index contributed by atoms with van der Waals surface area (Å²) in [4.78, 5) is 10.8. The Morgan fingerprint density at radius 2 is 2.17 bits per heavy atom. The lowest BCUT2D eigenvalue weighted by Crippen LogP contribution is -2.31. The smallest absolute Gasteiger partial charge is 0.218 e. The van der Waals surface area contributed by atoms with Crippen LogP contribution in [-0.4, -0.2) is 21.7 Å². The minimum absolute atomic E-state index is 0.0190. The third kappa shape index (κ3) is 4.14. The third-order valence-corrected chi connectivity index (χ3v) is 2.76. The number of nitrogens with one attached hydrogen (secondary N) is 1. The number of amides is 1. The van der Waals surface area contributed by atoms with Crippen LogP contribution in [-0.2, 0) is 23.8 Å². The summed E-state index contributed by atoms with van der Waals surface area (Å²) in [6.07, 6.45) is 2.37. The van der Waals surface area contributed by atoms with Crippen LogP contribution in [0.1, 0.15) is 45.4 Å². The van der Waals surface area contributed by atoms with E-state index in [0.29, 0.717) is 13.0 Å². The van der Waals surface area contributed by atoms with Crippen LogP contribution in [0.4, 0.5) is 0 Å². The van der Waals surface area contributed by atoms with E-state index in [1.54, 1.807) is 0 Å². The second-order valence-corrected chi connectivity index (χ2v) is 5.88. The molecule has 0 fully saturated rings. The molecule has 0 aliphatic heterocycles. The van der Waals surface area contributed by atoms with Crippen LogP contribution in [0, 0.1) is 0 Å². The molecule has 0 bridgehead atoms. The molecule has 1 aromatic heterocycles. The fraction of sp³-hybridized carbons (Fsp3) is 0.692. The number of aryl methyl sites for hydroxylation is 1. The van der Waals surface area contributed by atoms with Crippen LogP contribution in [0.3, 0.4) is 0 Å². The monoisotopic (exact) mass is 252 g/mol. The van der Waals surface area contributed by atoms with Crippen molar-refractivity contribution in [2.75, 3.05) is 0 Å². The van der Waals surface area contributed by atoms with E-state index in [0.717, 1.165) is 5.69 Å². The molecule has 102 valence electrons. The Hall–Kier alpha value is -1.36. The molecule has 1 aromatic rings. The average molecular weight is 252 g/mol. The molecule has 1 heterocycles. The van der Waals surface area contributed by atoms with Gasteiger partial charge in [-0.2, -0.15) is 5.10 Å². The van der Waals surface area contributed by atoms with Crippen molar-refractivity contribution in [3.05, 3.63) is 17.5 Å². The maximum atomic E-state index is 10.8. The summed E-state index contributed by atoms with van der Waals surface area (Å²) in [5, 5.41) is 7.81. The summed E-state index contributed by atoms with van der Waals surface area (Å²) in [6, 6.07) is 0.0792. The van der Waals surface area contributed by atoms with Crippen LogP contribution in [0.2, 0.25) is 0 Å². The van der Waals surface area contributed by atoms with Crippen LogP contribution in [0.5, 0.6) is 0 Å². The molecule has 3 N–H and O–H groups in total. The molecule has 0 saturated carbocycles. The molecule has 1 atom stereocenters. The first kappa shape index (κ1) is 14.7. The van der Waals surface area contributed by atoms with Gasteiger partial charge in [-0.05, 0) is 6.92 Å². The van der Waals surface area contributed by atoms with Crippen molar-refractivity contribution in [2.24, 2.45) is 12.8 Å². The molecule has 0 spiro atoms. The maximum absolute atomic E-state index is 10.8. The molecular weight excluding hydrogens is 228 g/mol. The van der Waals surface area contributed by atoms with Crippen molar-refractivity contribution < 1.29 is 4.79 Å². The topological polar surface area (TPSA) is 72.9 Å². The Balaban J connectivity index is 2.70. The highest BCUT2D eigenvalue weighted by Crippen LogP contribution is 2.24. The van der Waals surface area contributed by atoms with Crippen molar-refractivity contribution in [3.63, 3.8) is 0 Å². The number of aromatic nitrogens is 2. The number of carbonyl (C=O) groups excluding carboxylic acids is 1. The molecule has 5 nitrogen and oxygen atoms in total. The second kappa shape index (κ2) is 5.52. The van der Waals surface area contributed by atoms with Gasteiger partial charge in [0.2, 0.25) is 5.91 Å². The van der Waals surface area contributed by atoms with Crippen molar-refractivity contribution in [3.8, 4) is 0 Å². The Morgan fingerprint density at radius 3 is 2.67 bits per heavy atom. The Bertz CT molecular complexity index is 417. The first-order valence-corrected chi connectivity index (χ1v) is 6.25. The fourth-order valence-corrected chi connectivity index (χ4v) is 1.96. The summed E-state index contributed by atoms with van der Waals surface area (Å²) < 4.78 is 1.83. The van der Waals surface area contributed by atoms with E-state index < -0.39 is 0 Å². The van der Waals surface area contributed by atoms with Gasteiger partial charge in [0.1, 0.15) is 0 Å². The lowest BCUT2D eigenvalue weighted by atomic mass is 9.89. The third-order valence-electron chi connectivity index (χ3n) is 2.76. The second-order valence-electron chi connectivity index (χ2n) is 5.88. The highest BCUT2D eigenvalue weighted by atomic mass is 16.1. The average Bonchev–Trinajstić information content (AvgIpc) is 2.55. The predicted molar refractivity (Wildman–Crippen MR) is 72.0 cm³/mol. The molecule has 0 radical (unpaired) electrons. The van der Waals surface area contributed by atoms with E-state index in [1.807, 2.05) is 24.9 Å². The normalized spacial score (nSPS) is 13.6. The molecule has 5 heteroatoms. The van der Waals surface area contributed by atoms with Gasteiger partial charge in [0.15, 0.2) is 0 Å². The molecule has 0 aliphatic rings. The van der Waals surface area contributed by atoms with E-state index in [9.17, 15) is 4.79 Å². The number of rotatable bonds is 5. The number of hydrogen-bond donors (Lipinski definition) is 2. The van der Waals surface area contributed by atoms with E-state index >= 15 is 0 Å². The van der Waals surface area contributed by atoms with Gasteiger partial charge in [-0.1, -0.05) is 20.8 Å². The lowest BCUT2D eigenvalue weighted by molar-refractivity contribution is -0.118. The van der Waals surface area contributed by atoms with Crippen LogP contribution < -0.4 is 11.1 Å². The zero-order chi connectivity index (χ0) is 13.9. The summed E-state index contributed by atoms with van der Waals surface area (Å²) >= 11 is 0. The lowest BCUT2D eigenvalue weighted by Gasteiger charge is -2.18. The van der Waals surface area contributed by atoms with Crippen LogP contribution >= 0.6 is 0 Å². The summed E-state index contributed by atoms with van der Waals surface area (Å²) in [5.41, 5.74) is 7.44. The predicted octanol–water partition coefficient (Wildman–Crippen LogP) is 1.07. The van der Waals surface area contributed by atoms with E-state index in [2.05, 4.69) is 31.2 Å². The van der Waals surface area contributed by atoms with E-state index in [1.165, 1.54) is 5.56 Å². The number of hydrogen-bond acceptors (Lipinski definition) is 3. The summed E-state index contributed by atoms with van der Waals surface area (Å²) in [6.45, 7) is 9.09. The van der Waals surface area contributed by atoms with Crippen LogP contribution in [0.15, 0.2) is 6.20 Å². The van der Waals surface area contributed by atoms with Crippen molar-refractivity contribution >= 4 is 5.91 Å². The molecule has 1 rings (SSSR count). The highest BCUT2D eigenvalue weighted by molar-refractivity contribution is 5.74. The zero-order valence-electron chi connectivity index (χ0n) is 11.9. The van der Waals surface area contributed by atoms with Gasteiger partial charge < -0.3 is 11.1 Å². The number of nitrogens with zero attached hydrogens (tertiary/aromatic N) is 2. The van der Waals surface area contributed by atoms with Crippen LogP contribution in [0.25, 0.3) is 0 Å². The van der Waals surface area contributed by atoms with E-state index in [-0.39, 0.29) is 17.4 Å². The molecule has 18 heavy (non-hydrogen) atoms. The van der Waals surface area contributed by atoms with Gasteiger partial charge in [0.25, 0.3) is 0 Å². The first-order valence-electron chi connectivity index (χ1n) is 6.25. The standard InChI is InChI=1S/C13H24N4O/c1-9(6-11(14)18)15-7-10-8-17(5)16-12(10)13(2,3)4/h8-9,15H,6-7H2,1-5H3,(H2,14,18). The summed E-state index contributed by atoms with van der Waals surface area (Å²) in [5.74, 6) is -0.280. The van der Waals surface area contributed by atoms with Crippen molar-refractivity contribution in [2.45, 2.75) is 52.1 Å². The number of primary amides is 1. The first-order chi connectivity index (χ1) is 8.20. The zero-order valence-corrected chi connectivity index (χ0v) is 11.9. The van der Waals surface area contributed by atoms with Gasteiger partial charge in [-0.3, -0.25) is 9.48 Å². The Kier molecular flexibility index (Phi) is 4.51. The van der Waals surface area contributed by atoms with Crippen molar-refractivity contribution in [1.82, 2.24) is 15.1 Å². The molecule has 0 saturated heterocycles. The minimum Gasteiger partial charge on any atom is -0.370 e. The molecule has 0 aliphatic carbocycles. The van der Waals surface area contributed by atoms with Gasteiger partial charge in [-0.25, -0.2) is 0 Å². The summed E-state index contributed by atoms with van der Waals surface area (Å²) in [7, 11) is 1.92. The SMILES string of the molecule is CC(CC(N)=O)NCc1cn(C)nc1C(C)(C)C.